The molecule has 0 amide bonds. The molecule has 0 N–H and O–H groups in total. The van der Waals surface area contributed by atoms with Crippen molar-refractivity contribution in [3.63, 3.8) is 0 Å². The van der Waals surface area contributed by atoms with Gasteiger partial charge in [0, 0.05) is 24.8 Å². The van der Waals surface area contributed by atoms with Gasteiger partial charge >= 0.3 is 0 Å². The number of fused-ring (bicyclic) bond motifs is 1. The fraction of sp³-hybridized carbons (Fsp3) is 0.429. The van der Waals surface area contributed by atoms with Crippen LogP contribution in [0.3, 0.4) is 0 Å². The van der Waals surface area contributed by atoms with Gasteiger partial charge in [0.2, 0.25) is 0 Å². The molecule has 0 aliphatic carbocycles. The zero-order valence-electron chi connectivity index (χ0n) is 10.6. The van der Waals surface area contributed by atoms with Crippen LogP contribution < -0.4 is 14.4 Å². The third-order valence-electron chi connectivity index (χ3n) is 2.88. The second kappa shape index (κ2) is 6.51. The molecule has 0 fully saturated rings. The van der Waals surface area contributed by atoms with Crippen molar-refractivity contribution in [3.8, 4) is 23.6 Å². The van der Waals surface area contributed by atoms with Crippen LogP contribution in [-0.4, -0.2) is 26.3 Å². The van der Waals surface area contributed by atoms with E-state index in [0.29, 0.717) is 39.1 Å². The van der Waals surface area contributed by atoms with E-state index in [0.717, 1.165) is 17.2 Å². The van der Waals surface area contributed by atoms with Gasteiger partial charge in [-0.25, -0.2) is 0 Å². The third-order valence-corrected chi connectivity index (χ3v) is 2.88. The first-order chi connectivity index (χ1) is 9.35. The van der Waals surface area contributed by atoms with Crippen LogP contribution in [0.4, 0.5) is 5.69 Å². The minimum Gasteiger partial charge on any atom is -0.486 e. The summed E-state index contributed by atoms with van der Waals surface area (Å²) in [6.45, 7) is 2.33. The van der Waals surface area contributed by atoms with Crippen LogP contribution >= 0.6 is 0 Å². The van der Waals surface area contributed by atoms with Crippen molar-refractivity contribution in [2.75, 3.05) is 31.2 Å². The van der Waals surface area contributed by atoms with Gasteiger partial charge in [-0.1, -0.05) is 0 Å². The number of nitrogens with zero attached hydrogens (tertiary/aromatic N) is 3. The van der Waals surface area contributed by atoms with Crippen LogP contribution in [0.5, 0.6) is 11.5 Å². The molecule has 0 spiro atoms. The van der Waals surface area contributed by atoms with Crippen molar-refractivity contribution in [2.45, 2.75) is 12.8 Å². The van der Waals surface area contributed by atoms with Crippen LogP contribution in [0.25, 0.3) is 0 Å². The summed E-state index contributed by atoms with van der Waals surface area (Å²) < 4.78 is 11.0. The average molecular weight is 257 g/mol. The van der Waals surface area contributed by atoms with E-state index in [1.807, 2.05) is 23.1 Å². The molecular formula is C14H15N3O2. The molecular weight excluding hydrogens is 242 g/mol. The lowest BCUT2D eigenvalue weighted by Crippen LogP contribution is -2.25. The maximum atomic E-state index is 8.69. The van der Waals surface area contributed by atoms with Gasteiger partial charge in [-0.05, 0) is 12.1 Å². The zero-order chi connectivity index (χ0) is 13.5. The van der Waals surface area contributed by atoms with Gasteiger partial charge in [0.05, 0.1) is 25.0 Å². The van der Waals surface area contributed by atoms with Crippen LogP contribution in [-0.2, 0) is 0 Å². The number of hydrogen-bond donors (Lipinski definition) is 0. The third kappa shape index (κ3) is 3.29. The molecule has 1 aliphatic rings. The van der Waals surface area contributed by atoms with Crippen molar-refractivity contribution < 1.29 is 9.47 Å². The smallest absolute Gasteiger partial charge is 0.163 e. The van der Waals surface area contributed by atoms with E-state index < -0.39 is 0 Å². The molecule has 19 heavy (non-hydrogen) atoms. The zero-order valence-corrected chi connectivity index (χ0v) is 10.6. The Morgan fingerprint density at radius 3 is 2.26 bits per heavy atom. The quantitative estimate of drug-likeness (QED) is 0.807. The van der Waals surface area contributed by atoms with Crippen molar-refractivity contribution in [1.29, 1.82) is 10.5 Å². The maximum absolute atomic E-state index is 8.69. The lowest BCUT2D eigenvalue weighted by Gasteiger charge is -2.25. The lowest BCUT2D eigenvalue weighted by molar-refractivity contribution is 0.171. The number of benzene rings is 1. The highest BCUT2D eigenvalue weighted by Gasteiger charge is 2.14. The average Bonchev–Trinajstić information content (AvgIpc) is 2.47. The summed E-state index contributed by atoms with van der Waals surface area (Å²) >= 11 is 0. The van der Waals surface area contributed by atoms with Crippen LogP contribution in [0.1, 0.15) is 12.8 Å². The minimum atomic E-state index is 0.430. The normalized spacial score (nSPS) is 12.3. The second-order valence-electron chi connectivity index (χ2n) is 4.13. The SMILES string of the molecule is N#CCCN(CCC#N)c1ccc2c(c1)OCCO2. The molecule has 98 valence electrons. The van der Waals surface area contributed by atoms with Crippen molar-refractivity contribution in [3.05, 3.63) is 18.2 Å². The fourth-order valence-electron chi connectivity index (χ4n) is 1.97. The summed E-state index contributed by atoms with van der Waals surface area (Å²) in [5, 5.41) is 17.4. The summed E-state index contributed by atoms with van der Waals surface area (Å²) in [6.07, 6.45) is 0.861. The first kappa shape index (κ1) is 13.0. The topological polar surface area (TPSA) is 69.3 Å². The summed E-state index contributed by atoms with van der Waals surface area (Å²) in [6, 6.07) is 9.96. The molecule has 1 aromatic carbocycles. The molecule has 5 nitrogen and oxygen atoms in total. The predicted molar refractivity (Wildman–Crippen MR) is 70.1 cm³/mol. The molecule has 1 aromatic rings. The number of anilines is 1. The summed E-state index contributed by atoms with van der Waals surface area (Å²) in [5.41, 5.74) is 0.953. The Labute approximate surface area is 112 Å². The molecule has 1 heterocycles. The number of hydrogen-bond acceptors (Lipinski definition) is 5. The molecule has 0 saturated carbocycles. The molecule has 5 heteroatoms. The predicted octanol–water partition coefficient (Wildman–Crippen LogP) is 2.09. The van der Waals surface area contributed by atoms with Gasteiger partial charge in [-0.2, -0.15) is 10.5 Å². The van der Waals surface area contributed by atoms with Gasteiger partial charge in [0.15, 0.2) is 11.5 Å². The van der Waals surface area contributed by atoms with Crippen LogP contribution in [0, 0.1) is 22.7 Å². The van der Waals surface area contributed by atoms with E-state index in [1.54, 1.807) is 0 Å². The fourth-order valence-corrected chi connectivity index (χ4v) is 1.97. The first-order valence-corrected chi connectivity index (χ1v) is 6.23. The monoisotopic (exact) mass is 257 g/mol. The van der Waals surface area contributed by atoms with Crippen molar-refractivity contribution in [1.82, 2.24) is 0 Å². The van der Waals surface area contributed by atoms with E-state index in [1.165, 1.54) is 0 Å². The van der Waals surface area contributed by atoms with Crippen LogP contribution in [0.15, 0.2) is 18.2 Å². The molecule has 0 aromatic heterocycles. The Balaban J connectivity index is 2.16. The van der Waals surface area contributed by atoms with Gasteiger partial charge in [0.25, 0.3) is 0 Å². The minimum absolute atomic E-state index is 0.430. The number of ether oxygens (including phenoxy) is 2. The lowest BCUT2D eigenvalue weighted by atomic mass is 10.2. The molecule has 2 rings (SSSR count). The van der Waals surface area contributed by atoms with Gasteiger partial charge in [-0.15, -0.1) is 0 Å². The summed E-state index contributed by atoms with van der Waals surface area (Å²) in [4.78, 5) is 2.02. The van der Waals surface area contributed by atoms with Gasteiger partial charge < -0.3 is 14.4 Å². The highest BCUT2D eigenvalue weighted by molar-refractivity contribution is 5.57. The summed E-state index contributed by atoms with van der Waals surface area (Å²) in [7, 11) is 0. The number of rotatable bonds is 5. The Morgan fingerprint density at radius 1 is 1.00 bits per heavy atom. The molecule has 1 aliphatic heterocycles. The highest BCUT2D eigenvalue weighted by atomic mass is 16.6. The van der Waals surface area contributed by atoms with E-state index >= 15 is 0 Å². The largest absolute Gasteiger partial charge is 0.486 e. The Morgan fingerprint density at radius 2 is 1.63 bits per heavy atom. The number of nitriles is 2. The van der Waals surface area contributed by atoms with E-state index in [4.69, 9.17) is 20.0 Å². The Bertz CT molecular complexity index is 498. The molecule has 0 saturated heterocycles. The molecule has 0 atom stereocenters. The Hall–Kier alpha value is -2.40. The van der Waals surface area contributed by atoms with Crippen molar-refractivity contribution in [2.24, 2.45) is 0 Å². The highest BCUT2D eigenvalue weighted by Crippen LogP contribution is 2.34. The van der Waals surface area contributed by atoms with Crippen molar-refractivity contribution >= 4 is 5.69 Å². The molecule has 0 radical (unpaired) electrons. The van der Waals surface area contributed by atoms with E-state index in [-0.39, 0.29) is 0 Å². The molecule has 0 bridgehead atoms. The summed E-state index contributed by atoms with van der Waals surface area (Å²) in [5.74, 6) is 1.47. The van der Waals surface area contributed by atoms with Gasteiger partial charge in [-0.3, -0.25) is 0 Å². The standard InChI is InChI=1S/C14H15N3O2/c15-5-1-7-17(8-2-6-16)12-3-4-13-14(11-12)19-10-9-18-13/h3-4,11H,1-2,7-10H2. The van der Waals surface area contributed by atoms with E-state index in [2.05, 4.69) is 12.1 Å². The second-order valence-corrected chi connectivity index (χ2v) is 4.13. The van der Waals surface area contributed by atoms with Gasteiger partial charge in [0.1, 0.15) is 13.2 Å². The van der Waals surface area contributed by atoms with Crippen LogP contribution in [0.2, 0.25) is 0 Å². The Kier molecular flexibility index (Phi) is 4.47. The molecule has 0 unspecified atom stereocenters. The maximum Gasteiger partial charge on any atom is 0.163 e. The first-order valence-electron chi connectivity index (χ1n) is 6.23. The van der Waals surface area contributed by atoms with E-state index in [9.17, 15) is 0 Å².